The predicted molar refractivity (Wildman–Crippen MR) is 511 cm³/mol. The third-order valence-corrected chi connectivity index (χ3v) is 23.4. The zero-order valence-corrected chi connectivity index (χ0v) is 81.8. The van der Waals surface area contributed by atoms with Gasteiger partial charge in [0.05, 0.1) is 71.0 Å². The summed E-state index contributed by atoms with van der Waals surface area (Å²) in [6.07, 6.45) is -2.75. The van der Waals surface area contributed by atoms with Gasteiger partial charge in [-0.05, 0) is 126 Å². The number of aliphatic hydroxyl groups is 4. The number of aliphatic hydroxyl groups excluding tert-OH is 4. The number of hydrogen-bond donors (Lipinski definition) is 28. The SMILES string of the molecule is CC[C@H](C)[C@@H]1NC(=O)CNC(=O)CNC(=O)[C@H]([C@@H](C)O)NC(=O)[C@H](CC(C)C)NC(=O)[C@H](CC(C)C)NC(=O)C(CCCCN)NC(=O)[C@H](Cc2c[nH]c3ccccc23)NC(=O)[C@H](CC(=O)O)NC(=O)[C@H](CC(C)C)NC(=O)CNC(=O)[C@H]([C@@H](C)O)NC(=O)CNC(=O)C(CC(N)=O)NC(=O)CNC(=O)[C@H](Cc2c[nH]c3ccccc23)NC(=O)[C@@H]2CCCN2C(=O)C(CO)NC(=O)C(C)NC(=O)[C@H](CO)NC1=O. The van der Waals surface area contributed by atoms with Gasteiger partial charge >= 0.3 is 5.97 Å². The van der Waals surface area contributed by atoms with Gasteiger partial charge < -0.3 is 153 Å². The first-order valence-corrected chi connectivity index (χ1v) is 47.3. The number of nitrogens with two attached hydrogens (primary N) is 2. The summed E-state index contributed by atoms with van der Waals surface area (Å²) in [5, 5.41) is 99.4. The summed E-state index contributed by atoms with van der Waals surface area (Å²) in [4.78, 5) is 314. The molecule has 4 unspecified atom stereocenters. The van der Waals surface area contributed by atoms with Crippen molar-refractivity contribution in [3.05, 3.63) is 72.1 Å². The van der Waals surface area contributed by atoms with Crippen molar-refractivity contribution in [1.29, 1.82) is 0 Å². The molecule has 0 spiro atoms. The number of carboxylic acids is 1. The standard InChI is InChI=1S/C92H138N24O27/c1-12-47(8)75-91(142)111-65(42-117)87(138)102-48(9)78(129)112-66(43-118)92(143)116-27-19-25-67(116)88(139)110-61(31-51-35-95-55-22-15-13-20-53(51)55)79(130)98-39-70(123)104-63(33-68(94)121)80(131)99-41-73(126)114-76(49(10)119)89(140)101-40-71(124)103-58(28-44(2)3)82(133)109-64(34-74(127)128)85(136)108-62(32-52-36-96-56-23-16-14-21-54(52)56)84(135)105-57(24-17-18-26-93)81(132)106-59(29-45(4)5)83(134)107-60(30-46(6)7)86(137)115-77(50(11)120)90(141)100-37-69(122)97-38-72(125)113-75/h13-16,20-23,35-36,44-50,57-67,75-77,95-96,117-120H,12,17-19,24-34,37-43,93H2,1-11H3,(H2,94,121)(H,97,122)(H,98,130)(H,99,131)(H,100,141)(H,101,140)(H,102,138)(H,103,124)(H,104,123)(H,105,135)(H,106,132)(H,107,134)(H,108,136)(H,109,133)(H,110,139)(H,111,142)(H,112,129)(H,113,125)(H,114,126)(H,115,137)(H,127,128)/t47-,48?,49+,50+,57?,58-,59-,60-,61-,62-,63?,64-,65-,66?,67-,75-,76-,77-/m0/s1. The Morgan fingerprint density at radius 1 is 0.399 bits per heavy atom. The molecule has 4 aromatic rings. The van der Waals surface area contributed by atoms with E-state index < -0.39 is 303 Å². The number of carbonyl (C=O) groups excluding carboxylic acids is 21. The highest BCUT2D eigenvalue weighted by Crippen LogP contribution is 2.25. The van der Waals surface area contributed by atoms with Crippen molar-refractivity contribution < 1.29 is 131 Å². The van der Waals surface area contributed by atoms with E-state index in [0.29, 0.717) is 39.4 Å². The number of nitrogens with one attached hydrogen (secondary N) is 21. The van der Waals surface area contributed by atoms with Gasteiger partial charge in [-0.2, -0.15) is 0 Å². The Morgan fingerprint density at radius 3 is 1.27 bits per heavy atom. The molecule has 21 amide bonds. The van der Waals surface area contributed by atoms with Crippen molar-refractivity contribution in [2.45, 2.75) is 262 Å². The summed E-state index contributed by atoms with van der Waals surface area (Å²) < 4.78 is 0. The molecule has 2 aromatic carbocycles. The van der Waals surface area contributed by atoms with E-state index in [2.05, 4.69) is 111 Å². The van der Waals surface area contributed by atoms with Crippen molar-refractivity contribution in [3.63, 3.8) is 0 Å². The van der Waals surface area contributed by atoms with Gasteiger partial charge in [0, 0.05) is 53.6 Å². The molecule has 18 atom stereocenters. The summed E-state index contributed by atoms with van der Waals surface area (Å²) in [7, 11) is 0. The minimum Gasteiger partial charge on any atom is -0.481 e. The first-order valence-electron chi connectivity index (χ1n) is 47.3. The molecule has 30 N–H and O–H groups in total. The number of primary amides is 1. The van der Waals surface area contributed by atoms with Crippen molar-refractivity contribution in [2.75, 3.05) is 59.0 Å². The van der Waals surface area contributed by atoms with Crippen LogP contribution in [0.4, 0.5) is 0 Å². The van der Waals surface area contributed by atoms with E-state index in [9.17, 15) is 126 Å². The van der Waals surface area contributed by atoms with E-state index in [1.165, 1.54) is 6.20 Å². The summed E-state index contributed by atoms with van der Waals surface area (Å²) >= 11 is 0. The number of rotatable bonds is 24. The van der Waals surface area contributed by atoms with Gasteiger partial charge in [-0.25, -0.2) is 0 Å². The molecular weight excluding hydrogens is 1870 g/mol. The summed E-state index contributed by atoms with van der Waals surface area (Å²) in [5.74, 6) is -26.2. The quantitative estimate of drug-likeness (QED) is 0.0290. The largest absolute Gasteiger partial charge is 0.481 e. The molecule has 2 aliphatic heterocycles. The number of carbonyl (C=O) groups is 22. The fourth-order valence-corrected chi connectivity index (χ4v) is 15.7. The maximum Gasteiger partial charge on any atom is 0.305 e. The zero-order chi connectivity index (χ0) is 106. The minimum atomic E-state index is -2.03. The van der Waals surface area contributed by atoms with Crippen LogP contribution in [-0.4, -0.2) is 332 Å². The number of fused-ring (bicyclic) bond motifs is 3. The first-order chi connectivity index (χ1) is 67.6. The molecule has 788 valence electrons. The van der Waals surface area contributed by atoms with Crippen molar-refractivity contribution in [1.82, 2.24) is 116 Å². The van der Waals surface area contributed by atoms with Crippen LogP contribution in [0.2, 0.25) is 0 Å². The second kappa shape index (κ2) is 57.5. The fourth-order valence-electron chi connectivity index (χ4n) is 15.7. The highest BCUT2D eigenvalue weighted by atomic mass is 16.4. The van der Waals surface area contributed by atoms with Gasteiger partial charge in [0.1, 0.15) is 90.6 Å². The van der Waals surface area contributed by atoms with Crippen LogP contribution in [-0.2, 0) is 118 Å². The molecule has 2 fully saturated rings. The molecule has 51 nitrogen and oxygen atoms in total. The first kappa shape index (κ1) is 117. The van der Waals surface area contributed by atoms with E-state index in [0.717, 1.165) is 25.7 Å². The number of para-hydroxylation sites is 2. The van der Waals surface area contributed by atoms with Crippen LogP contribution in [0, 0.1) is 23.7 Å². The van der Waals surface area contributed by atoms with Crippen molar-refractivity contribution in [3.8, 4) is 0 Å². The monoisotopic (exact) mass is 2010 g/mol. The minimum absolute atomic E-state index is 0.0273. The molecule has 0 aliphatic carbocycles. The van der Waals surface area contributed by atoms with Crippen LogP contribution in [0.5, 0.6) is 0 Å². The maximum atomic E-state index is 15.1. The van der Waals surface area contributed by atoms with Gasteiger partial charge in [-0.1, -0.05) is 98.2 Å². The zero-order valence-electron chi connectivity index (χ0n) is 81.8. The number of benzene rings is 2. The number of nitrogens with zero attached hydrogens (tertiary/aromatic N) is 1. The normalized spacial score (nSPS) is 25.3. The Kier molecular flexibility index (Phi) is 47.2. The Morgan fingerprint density at radius 2 is 0.776 bits per heavy atom. The summed E-state index contributed by atoms with van der Waals surface area (Å²) in [6, 6.07) is -11.4. The van der Waals surface area contributed by atoms with E-state index in [1.807, 2.05) is 0 Å². The lowest BCUT2D eigenvalue weighted by Crippen LogP contribution is -2.61. The molecule has 2 aromatic heterocycles. The topological polar surface area (TPSA) is 792 Å². The number of aromatic nitrogens is 2. The molecule has 2 aliphatic rings. The number of carboxylic acid groups (broad SMARTS) is 1. The lowest BCUT2D eigenvalue weighted by molar-refractivity contribution is -0.143. The number of unbranched alkanes of at least 4 members (excludes halogenated alkanes) is 1. The third kappa shape index (κ3) is 37.6. The number of H-pyrrole nitrogens is 2. The van der Waals surface area contributed by atoms with Crippen LogP contribution in [0.15, 0.2) is 60.9 Å². The number of amides is 21. The number of aliphatic carboxylic acids is 1. The molecule has 143 heavy (non-hydrogen) atoms. The van der Waals surface area contributed by atoms with Crippen molar-refractivity contribution in [2.24, 2.45) is 35.1 Å². The number of aromatic amines is 2. The van der Waals surface area contributed by atoms with E-state index >= 15 is 4.79 Å². The fraction of sp³-hybridized carbons (Fsp3) is 0.587. The van der Waals surface area contributed by atoms with Crippen LogP contribution < -0.4 is 112 Å². The Balaban J connectivity index is 1.30. The maximum absolute atomic E-state index is 15.1. The van der Waals surface area contributed by atoms with Crippen LogP contribution in [0.3, 0.4) is 0 Å². The highest BCUT2D eigenvalue weighted by Gasteiger charge is 2.43. The molecule has 51 heteroatoms. The van der Waals surface area contributed by atoms with Crippen LogP contribution >= 0.6 is 0 Å². The molecule has 0 radical (unpaired) electrons. The van der Waals surface area contributed by atoms with E-state index in [1.54, 1.807) is 110 Å². The Bertz CT molecular complexity index is 5180. The van der Waals surface area contributed by atoms with Crippen LogP contribution in [0.1, 0.15) is 158 Å². The van der Waals surface area contributed by atoms with Gasteiger partial charge in [-0.3, -0.25) is 105 Å². The predicted octanol–water partition coefficient (Wildman–Crippen LogP) is -8.76. The van der Waals surface area contributed by atoms with Crippen LogP contribution in [0.25, 0.3) is 21.8 Å². The second-order valence-electron chi connectivity index (χ2n) is 36.7. The van der Waals surface area contributed by atoms with Gasteiger partial charge in [0.2, 0.25) is 124 Å². The molecule has 0 bridgehead atoms. The third-order valence-electron chi connectivity index (χ3n) is 23.4. The molecule has 2 saturated heterocycles. The lowest BCUT2D eigenvalue weighted by atomic mass is 9.98. The summed E-state index contributed by atoms with van der Waals surface area (Å²) in [5.41, 5.74) is 13.4. The lowest BCUT2D eigenvalue weighted by Gasteiger charge is -2.30. The number of hydrogen-bond acceptors (Lipinski definition) is 27. The van der Waals surface area contributed by atoms with Gasteiger partial charge in [0.15, 0.2) is 0 Å². The van der Waals surface area contributed by atoms with Crippen molar-refractivity contribution >= 4 is 152 Å². The average Bonchev–Trinajstić information content (AvgIpc) is 1.69. The highest BCUT2D eigenvalue weighted by molar-refractivity contribution is 6.03. The molecule has 4 heterocycles. The van der Waals surface area contributed by atoms with Gasteiger partial charge in [0.25, 0.3) is 0 Å². The van der Waals surface area contributed by atoms with E-state index in [-0.39, 0.29) is 89.1 Å². The molecule has 0 saturated carbocycles. The van der Waals surface area contributed by atoms with E-state index in [4.69, 9.17) is 11.5 Å². The Hall–Kier alpha value is -14.3. The molecular formula is C92H138N24O27. The smallest absolute Gasteiger partial charge is 0.305 e. The average molecular weight is 2010 g/mol. The van der Waals surface area contributed by atoms with Gasteiger partial charge in [-0.15, -0.1) is 0 Å². The second-order valence-corrected chi connectivity index (χ2v) is 36.7. The molecule has 6 rings (SSSR count). The summed E-state index contributed by atoms with van der Waals surface area (Å²) in [6.45, 7) is 9.77. The Labute approximate surface area is 823 Å².